The molecular weight excluding hydrogens is 262 g/mol. The summed E-state index contributed by atoms with van der Waals surface area (Å²) in [6.45, 7) is 4.55. The molecule has 0 spiro atoms. The normalized spacial score (nSPS) is 27.3. The van der Waals surface area contributed by atoms with E-state index in [0.29, 0.717) is 12.6 Å². The van der Waals surface area contributed by atoms with Gasteiger partial charge in [-0.05, 0) is 44.5 Å². The van der Waals surface area contributed by atoms with Crippen molar-refractivity contribution < 1.29 is 4.79 Å². The van der Waals surface area contributed by atoms with Gasteiger partial charge in [0.15, 0.2) is 0 Å². The summed E-state index contributed by atoms with van der Waals surface area (Å²) >= 11 is 0. The first-order chi connectivity index (χ1) is 10.2. The Kier molecular flexibility index (Phi) is 4.27. The standard InChI is InChI=1S/C17H25N3O/c1-13-7-3-4-9-15(13)17-18-11-16(21)20(17)12-14-8-5-6-10-19(14)2/h3-4,7,9,14,17-18H,5-6,8,10-12H2,1-2H3. The van der Waals surface area contributed by atoms with Crippen LogP contribution in [0.15, 0.2) is 24.3 Å². The smallest absolute Gasteiger partial charge is 0.238 e. The Labute approximate surface area is 127 Å². The van der Waals surface area contributed by atoms with Crippen LogP contribution in [0.25, 0.3) is 0 Å². The van der Waals surface area contributed by atoms with Crippen molar-refractivity contribution in [2.24, 2.45) is 0 Å². The van der Waals surface area contributed by atoms with Crippen molar-refractivity contribution in [1.29, 1.82) is 0 Å². The number of rotatable bonds is 3. The summed E-state index contributed by atoms with van der Waals surface area (Å²) in [7, 11) is 2.18. The van der Waals surface area contributed by atoms with Crippen LogP contribution in [0.5, 0.6) is 0 Å². The van der Waals surface area contributed by atoms with Gasteiger partial charge in [-0.25, -0.2) is 0 Å². The molecule has 0 saturated carbocycles. The quantitative estimate of drug-likeness (QED) is 0.922. The summed E-state index contributed by atoms with van der Waals surface area (Å²) in [5.74, 6) is 0.224. The highest BCUT2D eigenvalue weighted by molar-refractivity contribution is 5.81. The van der Waals surface area contributed by atoms with Crippen LogP contribution in [-0.4, -0.2) is 48.4 Å². The van der Waals surface area contributed by atoms with Gasteiger partial charge in [0.1, 0.15) is 6.17 Å². The molecule has 4 heteroatoms. The maximum absolute atomic E-state index is 12.3. The zero-order chi connectivity index (χ0) is 14.8. The first-order valence-electron chi connectivity index (χ1n) is 7.95. The van der Waals surface area contributed by atoms with Crippen molar-refractivity contribution in [3.63, 3.8) is 0 Å². The molecule has 2 aliphatic rings. The van der Waals surface area contributed by atoms with E-state index in [0.717, 1.165) is 13.1 Å². The molecule has 2 unspecified atom stereocenters. The molecule has 2 saturated heterocycles. The minimum Gasteiger partial charge on any atom is -0.320 e. The van der Waals surface area contributed by atoms with Gasteiger partial charge in [-0.15, -0.1) is 0 Å². The molecule has 1 aromatic rings. The van der Waals surface area contributed by atoms with E-state index < -0.39 is 0 Å². The molecule has 0 radical (unpaired) electrons. The number of benzene rings is 1. The number of amides is 1. The van der Waals surface area contributed by atoms with Gasteiger partial charge >= 0.3 is 0 Å². The third kappa shape index (κ3) is 2.97. The number of likely N-dealkylation sites (tertiary alicyclic amines) is 1. The molecule has 1 N–H and O–H groups in total. The van der Waals surface area contributed by atoms with E-state index in [2.05, 4.69) is 48.5 Å². The first kappa shape index (κ1) is 14.5. The summed E-state index contributed by atoms with van der Waals surface area (Å²) in [4.78, 5) is 16.7. The molecular formula is C17H25N3O. The lowest BCUT2D eigenvalue weighted by atomic mass is 10.0. The van der Waals surface area contributed by atoms with E-state index in [1.807, 2.05) is 4.90 Å². The third-order valence-electron chi connectivity index (χ3n) is 4.89. The average molecular weight is 287 g/mol. The second-order valence-electron chi connectivity index (χ2n) is 6.32. The summed E-state index contributed by atoms with van der Waals surface area (Å²) < 4.78 is 0. The van der Waals surface area contributed by atoms with Gasteiger partial charge in [-0.1, -0.05) is 30.7 Å². The van der Waals surface area contributed by atoms with Crippen LogP contribution in [0.3, 0.4) is 0 Å². The molecule has 2 atom stereocenters. The van der Waals surface area contributed by atoms with Gasteiger partial charge < -0.3 is 9.80 Å². The van der Waals surface area contributed by atoms with Gasteiger partial charge in [-0.3, -0.25) is 10.1 Å². The van der Waals surface area contributed by atoms with Crippen LogP contribution < -0.4 is 5.32 Å². The Hall–Kier alpha value is -1.39. The van der Waals surface area contributed by atoms with Gasteiger partial charge in [-0.2, -0.15) is 0 Å². The second-order valence-corrected chi connectivity index (χ2v) is 6.32. The number of carbonyl (C=O) groups is 1. The zero-order valence-electron chi connectivity index (χ0n) is 13.0. The molecule has 114 valence electrons. The topological polar surface area (TPSA) is 35.6 Å². The van der Waals surface area contributed by atoms with Gasteiger partial charge in [0.25, 0.3) is 0 Å². The number of likely N-dealkylation sites (N-methyl/N-ethyl adjacent to an activating group) is 1. The highest BCUT2D eigenvalue weighted by Gasteiger charge is 2.34. The Balaban J connectivity index is 1.78. The second kappa shape index (κ2) is 6.16. The van der Waals surface area contributed by atoms with Crippen LogP contribution in [0.4, 0.5) is 0 Å². The summed E-state index contributed by atoms with van der Waals surface area (Å²) in [6.07, 6.45) is 3.79. The monoisotopic (exact) mass is 287 g/mol. The number of hydrogen-bond acceptors (Lipinski definition) is 3. The predicted octanol–water partition coefficient (Wildman–Crippen LogP) is 1.91. The van der Waals surface area contributed by atoms with Crippen LogP contribution >= 0.6 is 0 Å². The molecule has 2 aliphatic heterocycles. The highest BCUT2D eigenvalue weighted by atomic mass is 16.2. The molecule has 1 aromatic carbocycles. The van der Waals surface area contributed by atoms with Crippen LogP contribution in [-0.2, 0) is 4.79 Å². The summed E-state index contributed by atoms with van der Waals surface area (Å²) in [6, 6.07) is 8.84. The molecule has 1 amide bonds. The SMILES string of the molecule is Cc1ccccc1C1NCC(=O)N1CC1CCCCN1C. The maximum atomic E-state index is 12.3. The fourth-order valence-corrected chi connectivity index (χ4v) is 3.52. The molecule has 0 aliphatic carbocycles. The Morgan fingerprint density at radius 1 is 1.29 bits per heavy atom. The van der Waals surface area contributed by atoms with Crippen molar-refractivity contribution in [3.8, 4) is 0 Å². The first-order valence-corrected chi connectivity index (χ1v) is 7.95. The fraction of sp³-hybridized carbons (Fsp3) is 0.588. The number of carbonyl (C=O) groups excluding carboxylic acids is 1. The lowest BCUT2D eigenvalue weighted by Gasteiger charge is -2.37. The lowest BCUT2D eigenvalue weighted by Crippen LogP contribution is -2.46. The largest absolute Gasteiger partial charge is 0.320 e. The maximum Gasteiger partial charge on any atom is 0.238 e. The Bertz CT molecular complexity index is 517. The number of aryl methyl sites for hydroxylation is 1. The number of piperidine rings is 1. The minimum atomic E-state index is 0.0361. The highest BCUT2D eigenvalue weighted by Crippen LogP contribution is 2.27. The van der Waals surface area contributed by atoms with Crippen LogP contribution in [0.2, 0.25) is 0 Å². The van der Waals surface area contributed by atoms with Gasteiger partial charge in [0, 0.05) is 12.6 Å². The zero-order valence-corrected chi connectivity index (χ0v) is 13.0. The average Bonchev–Trinajstić information content (AvgIpc) is 2.83. The molecule has 4 nitrogen and oxygen atoms in total. The van der Waals surface area contributed by atoms with E-state index in [1.54, 1.807) is 0 Å². The van der Waals surface area contributed by atoms with Gasteiger partial charge in [0.05, 0.1) is 6.54 Å². The summed E-state index contributed by atoms with van der Waals surface area (Å²) in [5, 5.41) is 3.38. The fourth-order valence-electron chi connectivity index (χ4n) is 3.52. The van der Waals surface area contributed by atoms with E-state index in [9.17, 15) is 4.79 Å². The van der Waals surface area contributed by atoms with Crippen molar-refractivity contribution in [2.45, 2.75) is 38.4 Å². The number of nitrogens with one attached hydrogen (secondary N) is 1. The van der Waals surface area contributed by atoms with Crippen molar-refractivity contribution >= 4 is 5.91 Å². The van der Waals surface area contributed by atoms with Crippen molar-refractivity contribution in [2.75, 3.05) is 26.7 Å². The Morgan fingerprint density at radius 2 is 2.10 bits per heavy atom. The summed E-state index contributed by atoms with van der Waals surface area (Å²) in [5.41, 5.74) is 2.47. The van der Waals surface area contributed by atoms with E-state index in [-0.39, 0.29) is 12.1 Å². The minimum absolute atomic E-state index is 0.0361. The van der Waals surface area contributed by atoms with E-state index in [4.69, 9.17) is 0 Å². The molecule has 3 rings (SSSR count). The molecule has 2 heterocycles. The van der Waals surface area contributed by atoms with Crippen molar-refractivity contribution in [3.05, 3.63) is 35.4 Å². The molecule has 0 aromatic heterocycles. The molecule has 21 heavy (non-hydrogen) atoms. The Morgan fingerprint density at radius 3 is 2.86 bits per heavy atom. The van der Waals surface area contributed by atoms with E-state index >= 15 is 0 Å². The number of nitrogens with zero attached hydrogens (tertiary/aromatic N) is 2. The van der Waals surface area contributed by atoms with Gasteiger partial charge in [0.2, 0.25) is 5.91 Å². The number of hydrogen-bond donors (Lipinski definition) is 1. The van der Waals surface area contributed by atoms with Crippen LogP contribution in [0, 0.1) is 6.92 Å². The van der Waals surface area contributed by atoms with Crippen molar-refractivity contribution in [1.82, 2.24) is 15.1 Å². The van der Waals surface area contributed by atoms with Crippen LogP contribution in [0.1, 0.15) is 36.6 Å². The lowest BCUT2D eigenvalue weighted by molar-refractivity contribution is -0.129. The molecule has 2 fully saturated rings. The molecule has 0 bridgehead atoms. The van der Waals surface area contributed by atoms with E-state index in [1.165, 1.54) is 30.4 Å². The third-order valence-corrected chi connectivity index (χ3v) is 4.89. The predicted molar refractivity (Wildman–Crippen MR) is 83.9 cm³/mol.